The van der Waals surface area contributed by atoms with E-state index in [1.807, 2.05) is 12.1 Å². The molecule has 1 aromatic rings. The highest BCUT2D eigenvalue weighted by atomic mass is 15.3. The van der Waals surface area contributed by atoms with Crippen molar-refractivity contribution in [1.82, 2.24) is 9.80 Å². The Balaban J connectivity index is 1.84. The third kappa shape index (κ3) is 3.58. The van der Waals surface area contributed by atoms with Gasteiger partial charge in [0.1, 0.15) is 7.85 Å². The van der Waals surface area contributed by atoms with Crippen molar-refractivity contribution in [3.05, 3.63) is 29.8 Å². The van der Waals surface area contributed by atoms with E-state index < -0.39 is 0 Å². The zero-order valence-corrected chi connectivity index (χ0v) is 10.9. The predicted octanol–water partition coefficient (Wildman–Crippen LogP) is 1.01. The highest BCUT2D eigenvalue weighted by Crippen LogP contribution is 2.09. The number of hydrogen-bond acceptors (Lipinski definition) is 2. The summed E-state index contributed by atoms with van der Waals surface area (Å²) in [6.07, 6.45) is 0. The van der Waals surface area contributed by atoms with Gasteiger partial charge in [0, 0.05) is 38.8 Å². The van der Waals surface area contributed by atoms with Gasteiger partial charge in [-0.25, -0.2) is 0 Å². The molecule has 2 radical (unpaired) electrons. The minimum Gasteiger partial charge on any atom is -0.298 e. The van der Waals surface area contributed by atoms with E-state index in [1.165, 1.54) is 31.7 Å². The minimum absolute atomic E-state index is 0.675. The lowest BCUT2D eigenvalue weighted by molar-refractivity contribution is 0.104. The maximum Gasteiger partial charge on any atom is 0.113 e. The molecule has 17 heavy (non-hydrogen) atoms. The molecule has 0 bridgehead atoms. The summed E-state index contributed by atoms with van der Waals surface area (Å²) in [5.41, 5.74) is 2.20. The zero-order chi connectivity index (χ0) is 12.3. The fourth-order valence-electron chi connectivity index (χ4n) is 2.32. The molecule has 2 rings (SSSR count). The van der Waals surface area contributed by atoms with E-state index in [4.69, 9.17) is 7.85 Å². The number of benzene rings is 1. The second-order valence-corrected chi connectivity index (χ2v) is 5.15. The van der Waals surface area contributed by atoms with Crippen molar-refractivity contribution >= 4 is 13.3 Å². The fourth-order valence-corrected chi connectivity index (χ4v) is 2.32. The Hall–Kier alpha value is -0.795. The summed E-state index contributed by atoms with van der Waals surface area (Å²) in [6.45, 7) is 10.3. The summed E-state index contributed by atoms with van der Waals surface area (Å²) >= 11 is 0. The SMILES string of the molecule is [B]c1ccc(CN2CCN(C(C)C)CC2)cc1. The third-order valence-corrected chi connectivity index (χ3v) is 3.52. The molecule has 0 N–H and O–H groups in total. The lowest BCUT2D eigenvalue weighted by Crippen LogP contribution is -2.48. The Morgan fingerprint density at radius 3 is 2.18 bits per heavy atom. The van der Waals surface area contributed by atoms with Gasteiger partial charge in [0.25, 0.3) is 0 Å². The van der Waals surface area contributed by atoms with Gasteiger partial charge in [0.2, 0.25) is 0 Å². The minimum atomic E-state index is 0.675. The molecule has 3 heteroatoms. The summed E-state index contributed by atoms with van der Waals surface area (Å²) in [6, 6.07) is 8.90. The molecule has 0 amide bonds. The monoisotopic (exact) mass is 228 g/mol. The molecule has 1 saturated heterocycles. The molecule has 1 heterocycles. The van der Waals surface area contributed by atoms with Gasteiger partial charge in [-0.1, -0.05) is 29.7 Å². The molecule has 0 spiro atoms. The highest BCUT2D eigenvalue weighted by molar-refractivity contribution is 6.32. The second-order valence-electron chi connectivity index (χ2n) is 5.15. The lowest BCUT2D eigenvalue weighted by atomic mass is 9.95. The van der Waals surface area contributed by atoms with E-state index in [9.17, 15) is 0 Å². The summed E-state index contributed by atoms with van der Waals surface area (Å²) in [7, 11) is 5.69. The van der Waals surface area contributed by atoms with Gasteiger partial charge in [0.05, 0.1) is 0 Å². The first-order chi connectivity index (χ1) is 8.15. The lowest BCUT2D eigenvalue weighted by Gasteiger charge is -2.36. The first-order valence-electron chi connectivity index (χ1n) is 6.46. The van der Waals surface area contributed by atoms with Crippen LogP contribution in [0.25, 0.3) is 0 Å². The molecular weight excluding hydrogens is 207 g/mol. The number of piperazine rings is 1. The Morgan fingerprint density at radius 1 is 1.06 bits per heavy atom. The van der Waals surface area contributed by atoms with Crippen LogP contribution in [0.1, 0.15) is 19.4 Å². The predicted molar refractivity (Wildman–Crippen MR) is 73.8 cm³/mol. The van der Waals surface area contributed by atoms with Gasteiger partial charge in [-0.2, -0.15) is 0 Å². The summed E-state index contributed by atoms with van der Waals surface area (Å²) in [4.78, 5) is 5.06. The van der Waals surface area contributed by atoms with Crippen molar-refractivity contribution in [3.63, 3.8) is 0 Å². The van der Waals surface area contributed by atoms with Crippen LogP contribution in [0.15, 0.2) is 24.3 Å². The molecule has 1 aliphatic heterocycles. The van der Waals surface area contributed by atoms with Crippen LogP contribution in [0.4, 0.5) is 0 Å². The Labute approximate surface area is 106 Å². The standard InChI is InChI=1S/C14H21BN2/c1-12(2)17-9-7-16(8-10-17)11-13-3-5-14(15)6-4-13/h3-6,12H,7-11H2,1-2H3. The van der Waals surface area contributed by atoms with Crippen LogP contribution in [0.5, 0.6) is 0 Å². The molecule has 0 aliphatic carbocycles. The van der Waals surface area contributed by atoms with Crippen LogP contribution >= 0.6 is 0 Å². The normalized spacial score (nSPS) is 18.8. The van der Waals surface area contributed by atoms with Crippen LogP contribution in [-0.2, 0) is 6.54 Å². The van der Waals surface area contributed by atoms with Gasteiger partial charge < -0.3 is 0 Å². The Bertz CT molecular complexity index is 340. The van der Waals surface area contributed by atoms with Gasteiger partial charge in [-0.15, -0.1) is 0 Å². The molecule has 2 nitrogen and oxygen atoms in total. The van der Waals surface area contributed by atoms with Crippen molar-refractivity contribution in [2.75, 3.05) is 26.2 Å². The quantitative estimate of drug-likeness (QED) is 0.712. The average Bonchev–Trinajstić information content (AvgIpc) is 2.33. The molecule has 0 unspecified atom stereocenters. The Morgan fingerprint density at radius 2 is 1.65 bits per heavy atom. The fraction of sp³-hybridized carbons (Fsp3) is 0.571. The van der Waals surface area contributed by atoms with Crippen LogP contribution in [0, 0.1) is 0 Å². The number of hydrogen-bond donors (Lipinski definition) is 0. The van der Waals surface area contributed by atoms with Crippen LogP contribution < -0.4 is 5.46 Å². The van der Waals surface area contributed by atoms with E-state index in [2.05, 4.69) is 35.8 Å². The van der Waals surface area contributed by atoms with Crippen molar-refractivity contribution in [3.8, 4) is 0 Å². The number of rotatable bonds is 3. The highest BCUT2D eigenvalue weighted by Gasteiger charge is 2.18. The molecule has 0 aromatic heterocycles. The van der Waals surface area contributed by atoms with Crippen LogP contribution in [0.3, 0.4) is 0 Å². The van der Waals surface area contributed by atoms with Crippen molar-refractivity contribution in [2.24, 2.45) is 0 Å². The van der Waals surface area contributed by atoms with Gasteiger partial charge >= 0.3 is 0 Å². The second kappa shape index (κ2) is 5.70. The van der Waals surface area contributed by atoms with Crippen LogP contribution in [-0.4, -0.2) is 49.9 Å². The molecule has 1 fully saturated rings. The summed E-state index contributed by atoms with van der Waals surface area (Å²) < 4.78 is 0. The average molecular weight is 228 g/mol. The van der Waals surface area contributed by atoms with E-state index >= 15 is 0 Å². The topological polar surface area (TPSA) is 6.48 Å². The molecule has 1 aliphatic rings. The van der Waals surface area contributed by atoms with E-state index in [0.29, 0.717) is 6.04 Å². The molecular formula is C14H21BN2. The first kappa shape index (κ1) is 12.7. The van der Waals surface area contributed by atoms with E-state index in [0.717, 1.165) is 12.0 Å². The van der Waals surface area contributed by atoms with E-state index in [-0.39, 0.29) is 0 Å². The summed E-state index contributed by atoms with van der Waals surface area (Å²) in [5, 5.41) is 0. The molecule has 1 aromatic carbocycles. The van der Waals surface area contributed by atoms with Gasteiger partial charge in [0.15, 0.2) is 0 Å². The van der Waals surface area contributed by atoms with Crippen LogP contribution in [0.2, 0.25) is 0 Å². The van der Waals surface area contributed by atoms with Gasteiger partial charge in [-0.3, -0.25) is 9.80 Å². The first-order valence-corrected chi connectivity index (χ1v) is 6.46. The summed E-state index contributed by atoms with van der Waals surface area (Å²) in [5.74, 6) is 0. The largest absolute Gasteiger partial charge is 0.298 e. The van der Waals surface area contributed by atoms with Crippen molar-refractivity contribution in [2.45, 2.75) is 26.4 Å². The van der Waals surface area contributed by atoms with Crippen molar-refractivity contribution < 1.29 is 0 Å². The Kier molecular flexibility index (Phi) is 4.24. The number of nitrogens with zero attached hydrogens (tertiary/aromatic N) is 2. The zero-order valence-electron chi connectivity index (χ0n) is 10.9. The smallest absolute Gasteiger partial charge is 0.113 e. The molecule has 90 valence electrons. The van der Waals surface area contributed by atoms with E-state index in [1.54, 1.807) is 0 Å². The maximum atomic E-state index is 5.69. The third-order valence-electron chi connectivity index (χ3n) is 3.52. The van der Waals surface area contributed by atoms with Crippen molar-refractivity contribution in [1.29, 1.82) is 0 Å². The molecule has 0 atom stereocenters. The molecule has 0 saturated carbocycles. The maximum absolute atomic E-state index is 5.69. The van der Waals surface area contributed by atoms with Gasteiger partial charge in [-0.05, 0) is 19.4 Å².